The molecule has 2 aromatic carbocycles. The van der Waals surface area contributed by atoms with E-state index in [-0.39, 0.29) is 17.5 Å². The van der Waals surface area contributed by atoms with Crippen LogP contribution in [0.5, 0.6) is 5.75 Å². The lowest BCUT2D eigenvalue weighted by atomic mass is 10.00. The van der Waals surface area contributed by atoms with Gasteiger partial charge in [0.2, 0.25) is 0 Å². The summed E-state index contributed by atoms with van der Waals surface area (Å²) < 4.78 is 6.21. The van der Waals surface area contributed by atoms with Crippen LogP contribution < -0.4 is 10.1 Å². The summed E-state index contributed by atoms with van der Waals surface area (Å²) in [4.78, 5) is 28.1. The normalized spacial score (nSPS) is 15.2. The Bertz CT molecular complexity index is 1010. The number of amides is 1. The first-order valence-corrected chi connectivity index (χ1v) is 10.7. The van der Waals surface area contributed by atoms with E-state index in [9.17, 15) is 9.59 Å². The molecule has 7 heteroatoms. The predicted molar refractivity (Wildman–Crippen MR) is 114 cm³/mol. The molecule has 1 saturated carbocycles. The molecule has 1 aliphatic carbocycles. The monoisotopic (exact) mass is 422 g/mol. The van der Waals surface area contributed by atoms with Crippen LogP contribution in [0.15, 0.2) is 60.2 Å². The Morgan fingerprint density at radius 1 is 1.13 bits per heavy atom. The maximum atomic E-state index is 12.5. The topological polar surface area (TPSA) is 88.5 Å². The maximum absolute atomic E-state index is 12.5. The molecule has 0 spiro atoms. The van der Waals surface area contributed by atoms with E-state index >= 15 is 0 Å². The molecule has 4 rings (SSSR count). The molecular weight excluding hydrogens is 400 g/mol. The minimum absolute atomic E-state index is 0.194. The average Bonchev–Trinajstić information content (AvgIpc) is 3.45. The number of aromatic nitrogens is 1. The number of nitrogens with one attached hydrogen (secondary N) is 1. The number of thiazole rings is 1. The molecular formula is C23H22N2O4S. The number of nitrogens with zero attached hydrogens (tertiary/aromatic N) is 1. The first-order chi connectivity index (χ1) is 14.5. The number of carbonyl (C=O) groups excluding carboxylic acids is 1. The van der Waals surface area contributed by atoms with Crippen LogP contribution in [0.3, 0.4) is 0 Å². The Hall–Kier alpha value is -3.19. The second-order valence-corrected chi connectivity index (χ2v) is 8.32. The van der Waals surface area contributed by atoms with Crippen molar-refractivity contribution < 1.29 is 19.4 Å². The van der Waals surface area contributed by atoms with E-state index in [0.717, 1.165) is 5.56 Å². The molecule has 30 heavy (non-hydrogen) atoms. The Morgan fingerprint density at radius 3 is 2.40 bits per heavy atom. The van der Waals surface area contributed by atoms with Crippen LogP contribution in [0.2, 0.25) is 0 Å². The predicted octanol–water partition coefficient (Wildman–Crippen LogP) is 4.66. The van der Waals surface area contributed by atoms with E-state index in [1.54, 1.807) is 17.6 Å². The summed E-state index contributed by atoms with van der Waals surface area (Å²) in [5.41, 5.74) is 4.08. The van der Waals surface area contributed by atoms with E-state index < -0.39 is 12.1 Å². The van der Waals surface area contributed by atoms with Crippen LogP contribution in [-0.2, 0) is 0 Å². The number of hydrogen-bond acceptors (Lipinski definition) is 5. The van der Waals surface area contributed by atoms with Gasteiger partial charge in [-0.2, -0.15) is 0 Å². The summed E-state index contributed by atoms with van der Waals surface area (Å²) in [6.45, 7) is 1.89. The Balaban J connectivity index is 1.56. The van der Waals surface area contributed by atoms with Crippen LogP contribution in [0.1, 0.15) is 62.9 Å². The van der Waals surface area contributed by atoms with E-state index in [1.165, 1.54) is 48.1 Å². The van der Waals surface area contributed by atoms with E-state index in [0.29, 0.717) is 16.5 Å². The maximum Gasteiger partial charge on any atom is 0.335 e. The fourth-order valence-corrected chi connectivity index (χ4v) is 3.86. The minimum atomic E-state index is -0.987. The Morgan fingerprint density at radius 2 is 1.83 bits per heavy atom. The van der Waals surface area contributed by atoms with Crippen LogP contribution in [0.25, 0.3) is 0 Å². The smallest absolute Gasteiger partial charge is 0.335 e. The fraction of sp³-hybridized carbons (Fsp3) is 0.261. The summed E-state index contributed by atoms with van der Waals surface area (Å²) >= 11 is 1.28. The lowest BCUT2D eigenvalue weighted by Crippen LogP contribution is -2.39. The zero-order valence-corrected chi connectivity index (χ0v) is 17.3. The number of benzene rings is 2. The third kappa shape index (κ3) is 4.68. The molecule has 0 saturated heterocycles. The largest absolute Gasteiger partial charge is 0.484 e. The van der Waals surface area contributed by atoms with Crippen molar-refractivity contribution in [2.75, 3.05) is 0 Å². The molecule has 2 N–H and O–H groups in total. The number of rotatable bonds is 8. The SMILES string of the molecule is C[C@H](NC(=O)c1cncs1)[C@H](Oc1ccc(C(=O)O)cc1)c1ccc(C2CC2)cc1. The molecule has 1 amide bonds. The van der Waals surface area contributed by atoms with Crippen molar-refractivity contribution in [3.8, 4) is 5.75 Å². The van der Waals surface area contributed by atoms with Gasteiger partial charge >= 0.3 is 5.97 Å². The van der Waals surface area contributed by atoms with Crippen LogP contribution in [-0.4, -0.2) is 28.0 Å². The molecule has 6 nitrogen and oxygen atoms in total. The van der Waals surface area contributed by atoms with Crippen molar-refractivity contribution in [3.63, 3.8) is 0 Å². The van der Waals surface area contributed by atoms with Gasteiger partial charge in [-0.05, 0) is 61.1 Å². The van der Waals surface area contributed by atoms with Gasteiger partial charge in [-0.1, -0.05) is 24.3 Å². The summed E-state index contributed by atoms with van der Waals surface area (Å²) in [6, 6.07) is 14.3. The third-order valence-electron chi connectivity index (χ3n) is 5.15. The Kier molecular flexibility index (Phi) is 5.81. The van der Waals surface area contributed by atoms with Gasteiger partial charge in [-0.3, -0.25) is 9.78 Å². The van der Waals surface area contributed by atoms with Crippen molar-refractivity contribution in [3.05, 3.63) is 81.8 Å². The number of ether oxygens (including phenoxy) is 1. The van der Waals surface area contributed by atoms with E-state index in [2.05, 4.69) is 22.4 Å². The molecule has 1 aromatic heterocycles. The zero-order chi connectivity index (χ0) is 21.1. The van der Waals surface area contributed by atoms with Gasteiger partial charge < -0.3 is 15.2 Å². The van der Waals surface area contributed by atoms with E-state index in [4.69, 9.17) is 9.84 Å². The lowest BCUT2D eigenvalue weighted by molar-refractivity contribution is 0.0696. The number of aromatic carboxylic acids is 1. The first-order valence-electron chi connectivity index (χ1n) is 9.80. The number of carbonyl (C=O) groups is 2. The Labute approximate surface area is 178 Å². The number of carboxylic acid groups (broad SMARTS) is 1. The molecule has 2 atom stereocenters. The summed E-state index contributed by atoms with van der Waals surface area (Å²) in [5.74, 6) is 0.00831. The second-order valence-electron chi connectivity index (χ2n) is 7.44. The highest BCUT2D eigenvalue weighted by Crippen LogP contribution is 2.40. The van der Waals surface area contributed by atoms with Crippen molar-refractivity contribution in [1.29, 1.82) is 0 Å². The number of hydrogen-bond donors (Lipinski definition) is 2. The van der Waals surface area contributed by atoms with Gasteiger partial charge in [-0.15, -0.1) is 11.3 Å². The average molecular weight is 423 g/mol. The highest BCUT2D eigenvalue weighted by atomic mass is 32.1. The standard InChI is InChI=1S/C23H22N2O4S/c1-14(25-22(26)20-12-24-13-30-20)21(17-6-4-16(5-7-17)15-2-3-15)29-19-10-8-18(9-11-19)23(27)28/h4-15,21H,2-3H2,1H3,(H,25,26)(H,27,28)/t14-,21-/m0/s1. The molecule has 0 radical (unpaired) electrons. The van der Waals surface area contributed by atoms with Gasteiger partial charge in [0.15, 0.2) is 0 Å². The lowest BCUT2D eigenvalue weighted by Gasteiger charge is -2.26. The third-order valence-corrected chi connectivity index (χ3v) is 5.92. The molecule has 1 aliphatic rings. The summed E-state index contributed by atoms with van der Waals surface area (Å²) in [6.07, 6.45) is 3.57. The van der Waals surface area contributed by atoms with Crippen molar-refractivity contribution in [1.82, 2.24) is 10.3 Å². The molecule has 3 aromatic rings. The van der Waals surface area contributed by atoms with Crippen molar-refractivity contribution in [2.24, 2.45) is 0 Å². The molecule has 1 fully saturated rings. The molecule has 0 bridgehead atoms. The number of carboxylic acids is 1. The van der Waals surface area contributed by atoms with Crippen LogP contribution in [0.4, 0.5) is 0 Å². The van der Waals surface area contributed by atoms with Crippen LogP contribution in [0, 0.1) is 0 Å². The van der Waals surface area contributed by atoms with Gasteiger partial charge in [0.25, 0.3) is 5.91 Å². The highest BCUT2D eigenvalue weighted by molar-refractivity contribution is 7.11. The van der Waals surface area contributed by atoms with Crippen LogP contribution >= 0.6 is 11.3 Å². The van der Waals surface area contributed by atoms with Gasteiger partial charge in [0.05, 0.1) is 23.3 Å². The van der Waals surface area contributed by atoms with Gasteiger partial charge in [0, 0.05) is 0 Å². The molecule has 154 valence electrons. The van der Waals surface area contributed by atoms with Gasteiger partial charge in [-0.25, -0.2) is 4.79 Å². The zero-order valence-electron chi connectivity index (χ0n) is 16.4. The summed E-state index contributed by atoms with van der Waals surface area (Å²) in [5, 5.41) is 12.1. The van der Waals surface area contributed by atoms with Crippen molar-refractivity contribution in [2.45, 2.75) is 37.8 Å². The highest BCUT2D eigenvalue weighted by Gasteiger charge is 2.26. The minimum Gasteiger partial charge on any atom is -0.484 e. The molecule has 0 aliphatic heterocycles. The van der Waals surface area contributed by atoms with Gasteiger partial charge in [0.1, 0.15) is 16.7 Å². The quantitative estimate of drug-likeness (QED) is 0.551. The van der Waals surface area contributed by atoms with E-state index in [1.807, 2.05) is 19.1 Å². The molecule has 0 unspecified atom stereocenters. The fourth-order valence-electron chi connectivity index (χ4n) is 3.34. The summed E-state index contributed by atoms with van der Waals surface area (Å²) in [7, 11) is 0. The first kappa shape index (κ1) is 20.1. The van der Waals surface area contributed by atoms with Crippen molar-refractivity contribution >= 4 is 23.2 Å². The second kappa shape index (κ2) is 8.67. The molecule has 1 heterocycles.